The van der Waals surface area contributed by atoms with Gasteiger partial charge in [0.25, 0.3) is 5.91 Å². The molecule has 0 bridgehead atoms. The molecule has 168 valence electrons. The van der Waals surface area contributed by atoms with Gasteiger partial charge in [-0.25, -0.2) is 17.5 Å². The summed E-state index contributed by atoms with van der Waals surface area (Å²) in [6.07, 6.45) is 0. The minimum absolute atomic E-state index is 0.0801. The molecule has 31 heavy (non-hydrogen) atoms. The molecule has 1 aliphatic rings. The van der Waals surface area contributed by atoms with Crippen molar-refractivity contribution in [3.05, 3.63) is 53.3 Å². The van der Waals surface area contributed by atoms with E-state index in [2.05, 4.69) is 9.62 Å². The molecule has 2 aromatic carbocycles. The Morgan fingerprint density at radius 3 is 2.26 bits per heavy atom. The van der Waals surface area contributed by atoms with Crippen LogP contribution in [0.1, 0.15) is 15.9 Å². The molecular weight excluding hydrogens is 425 g/mol. The van der Waals surface area contributed by atoms with Crippen LogP contribution in [0, 0.1) is 5.82 Å². The number of sulfonamides is 1. The van der Waals surface area contributed by atoms with E-state index >= 15 is 0 Å². The predicted octanol–water partition coefficient (Wildman–Crippen LogP) is 1.71. The number of methoxy groups -OCH3 is 2. The van der Waals surface area contributed by atoms with E-state index in [4.69, 9.17) is 9.47 Å². The molecule has 1 saturated heterocycles. The van der Waals surface area contributed by atoms with E-state index in [9.17, 15) is 17.6 Å². The van der Waals surface area contributed by atoms with Crippen molar-refractivity contribution in [2.24, 2.45) is 0 Å². The first kappa shape index (κ1) is 23.0. The Morgan fingerprint density at radius 2 is 1.68 bits per heavy atom. The lowest BCUT2D eigenvalue weighted by molar-refractivity contribution is 0.0628. The van der Waals surface area contributed by atoms with Crippen LogP contribution in [0.2, 0.25) is 0 Å². The summed E-state index contributed by atoms with van der Waals surface area (Å²) in [5, 5.41) is 0. The normalized spacial score (nSPS) is 15.0. The summed E-state index contributed by atoms with van der Waals surface area (Å²) < 4.78 is 50.7. The minimum Gasteiger partial charge on any atom is -0.495 e. The fourth-order valence-corrected chi connectivity index (χ4v) is 4.41. The number of rotatable bonds is 7. The molecule has 1 amide bonds. The Bertz CT molecular complexity index is 1050. The monoisotopic (exact) mass is 451 g/mol. The van der Waals surface area contributed by atoms with Gasteiger partial charge in [0.1, 0.15) is 10.6 Å². The molecule has 3 rings (SSSR count). The first-order valence-corrected chi connectivity index (χ1v) is 11.2. The summed E-state index contributed by atoms with van der Waals surface area (Å²) in [6.45, 7) is 2.78. The molecule has 0 unspecified atom stereocenters. The molecular formula is C21H26FN3O5S. The van der Waals surface area contributed by atoms with E-state index in [0.29, 0.717) is 32.7 Å². The van der Waals surface area contributed by atoms with Gasteiger partial charge >= 0.3 is 0 Å². The van der Waals surface area contributed by atoms with Gasteiger partial charge in [-0.3, -0.25) is 9.69 Å². The van der Waals surface area contributed by atoms with Crippen molar-refractivity contribution in [1.29, 1.82) is 0 Å². The number of carbonyl (C=O) groups excluding carboxylic acids is 1. The highest BCUT2D eigenvalue weighted by molar-refractivity contribution is 7.89. The zero-order valence-electron chi connectivity index (χ0n) is 17.7. The predicted molar refractivity (Wildman–Crippen MR) is 113 cm³/mol. The summed E-state index contributed by atoms with van der Waals surface area (Å²) in [6, 6.07) is 9.25. The fourth-order valence-electron chi connectivity index (χ4n) is 3.49. The van der Waals surface area contributed by atoms with Crippen LogP contribution in [0.25, 0.3) is 0 Å². The Labute approximate surface area is 181 Å². The lowest BCUT2D eigenvalue weighted by Crippen LogP contribution is -2.48. The Balaban J connectivity index is 1.66. The molecule has 10 heteroatoms. The number of halogens is 1. The molecule has 0 spiro atoms. The van der Waals surface area contributed by atoms with E-state index in [1.165, 1.54) is 39.5 Å². The van der Waals surface area contributed by atoms with Gasteiger partial charge in [0, 0.05) is 38.3 Å². The van der Waals surface area contributed by atoms with Gasteiger partial charge in [-0.1, -0.05) is 6.07 Å². The average Bonchev–Trinajstić information content (AvgIpc) is 2.79. The fraction of sp³-hybridized carbons (Fsp3) is 0.381. The second kappa shape index (κ2) is 9.63. The molecule has 8 nitrogen and oxygen atoms in total. The first-order valence-electron chi connectivity index (χ1n) is 9.74. The number of carbonyl (C=O) groups is 1. The zero-order valence-corrected chi connectivity index (χ0v) is 18.5. The topological polar surface area (TPSA) is 88.2 Å². The number of amides is 1. The van der Waals surface area contributed by atoms with E-state index < -0.39 is 15.8 Å². The number of ether oxygens (including phenoxy) is 2. The summed E-state index contributed by atoms with van der Waals surface area (Å²) in [5.41, 5.74) is 1.11. The number of benzene rings is 2. The second-order valence-electron chi connectivity index (χ2n) is 7.11. The maximum Gasteiger partial charge on any atom is 0.253 e. The summed E-state index contributed by atoms with van der Waals surface area (Å²) in [7, 11) is 0.329. The maximum atomic E-state index is 13.9. The SMILES string of the molecule is CNS(=O)(=O)c1cc(C(=O)N2CCN(Cc3ccc(OC)c(F)c3)CC2)ccc1OC. The second-order valence-corrected chi connectivity index (χ2v) is 8.97. The molecule has 0 atom stereocenters. The highest BCUT2D eigenvalue weighted by Gasteiger charge is 2.25. The molecule has 2 aromatic rings. The molecule has 0 aromatic heterocycles. The van der Waals surface area contributed by atoms with Gasteiger partial charge in [0.05, 0.1) is 14.2 Å². The van der Waals surface area contributed by atoms with Gasteiger partial charge in [0.15, 0.2) is 11.6 Å². The molecule has 0 saturated carbocycles. The van der Waals surface area contributed by atoms with Crippen LogP contribution in [0.15, 0.2) is 41.3 Å². The van der Waals surface area contributed by atoms with Crippen LogP contribution in [0.3, 0.4) is 0 Å². The van der Waals surface area contributed by atoms with Gasteiger partial charge in [-0.05, 0) is 42.9 Å². The van der Waals surface area contributed by atoms with Crippen molar-refractivity contribution < 1.29 is 27.1 Å². The van der Waals surface area contributed by atoms with Gasteiger partial charge in [-0.15, -0.1) is 0 Å². The molecule has 0 aliphatic carbocycles. The van der Waals surface area contributed by atoms with Crippen molar-refractivity contribution in [2.45, 2.75) is 11.4 Å². The van der Waals surface area contributed by atoms with E-state index in [-0.39, 0.29) is 27.9 Å². The average molecular weight is 452 g/mol. The van der Waals surface area contributed by atoms with Crippen LogP contribution >= 0.6 is 0 Å². The number of hydrogen-bond acceptors (Lipinski definition) is 6. The Morgan fingerprint density at radius 1 is 1.03 bits per heavy atom. The zero-order chi connectivity index (χ0) is 22.6. The smallest absolute Gasteiger partial charge is 0.253 e. The standard InChI is InChI=1S/C21H26FN3O5S/c1-23-31(27,28)20-13-16(5-7-19(20)30-3)21(26)25-10-8-24(9-11-25)14-15-4-6-18(29-2)17(22)12-15/h4-7,12-13,23H,8-11,14H2,1-3H3. The third kappa shape index (κ3) is 5.15. The highest BCUT2D eigenvalue weighted by Crippen LogP contribution is 2.26. The maximum absolute atomic E-state index is 13.9. The van der Waals surface area contributed by atoms with E-state index in [1.54, 1.807) is 17.0 Å². The quantitative estimate of drug-likeness (QED) is 0.690. The highest BCUT2D eigenvalue weighted by atomic mass is 32.2. The lowest BCUT2D eigenvalue weighted by atomic mass is 10.1. The molecule has 0 radical (unpaired) electrons. The van der Waals surface area contributed by atoms with E-state index in [1.807, 2.05) is 6.07 Å². The van der Waals surface area contributed by atoms with Gasteiger partial charge in [-0.2, -0.15) is 0 Å². The summed E-state index contributed by atoms with van der Waals surface area (Å²) in [4.78, 5) is 16.7. The number of nitrogens with zero attached hydrogens (tertiary/aromatic N) is 2. The third-order valence-electron chi connectivity index (χ3n) is 5.25. The van der Waals surface area contributed by atoms with Crippen molar-refractivity contribution in [2.75, 3.05) is 47.4 Å². The van der Waals surface area contributed by atoms with Crippen LogP contribution in [-0.2, 0) is 16.6 Å². The van der Waals surface area contributed by atoms with Gasteiger partial charge in [0.2, 0.25) is 10.0 Å². The number of nitrogens with one attached hydrogen (secondary N) is 1. The molecule has 1 heterocycles. The van der Waals surface area contributed by atoms with Crippen molar-refractivity contribution in [1.82, 2.24) is 14.5 Å². The van der Waals surface area contributed by atoms with Crippen molar-refractivity contribution in [3.63, 3.8) is 0 Å². The van der Waals surface area contributed by atoms with Gasteiger partial charge < -0.3 is 14.4 Å². The van der Waals surface area contributed by atoms with Crippen molar-refractivity contribution in [3.8, 4) is 11.5 Å². The summed E-state index contributed by atoms with van der Waals surface area (Å²) in [5.74, 6) is -0.272. The molecule has 1 aliphatic heterocycles. The third-order valence-corrected chi connectivity index (χ3v) is 6.69. The van der Waals surface area contributed by atoms with E-state index in [0.717, 1.165) is 5.56 Å². The van der Waals surface area contributed by atoms with Crippen LogP contribution in [-0.4, -0.2) is 71.6 Å². The first-order chi connectivity index (χ1) is 14.8. The van der Waals surface area contributed by atoms with Crippen LogP contribution < -0.4 is 14.2 Å². The van der Waals surface area contributed by atoms with Crippen LogP contribution in [0.5, 0.6) is 11.5 Å². The largest absolute Gasteiger partial charge is 0.495 e. The van der Waals surface area contributed by atoms with Crippen LogP contribution in [0.4, 0.5) is 4.39 Å². The number of hydrogen-bond donors (Lipinski definition) is 1. The number of piperazine rings is 1. The van der Waals surface area contributed by atoms with Crippen molar-refractivity contribution >= 4 is 15.9 Å². The summed E-state index contributed by atoms with van der Waals surface area (Å²) >= 11 is 0. The Kier molecular flexibility index (Phi) is 7.14. The lowest BCUT2D eigenvalue weighted by Gasteiger charge is -2.35. The molecule has 1 fully saturated rings. The minimum atomic E-state index is -3.77. The Hall–Kier alpha value is -2.69. The molecule has 1 N–H and O–H groups in total.